The molecule has 0 N–H and O–H groups in total. The number of hydrogen-bond acceptors (Lipinski definition) is 6. The minimum Gasteiger partial charge on any atom is -0.497 e. The second-order valence-corrected chi connectivity index (χ2v) is 6.91. The Balaban J connectivity index is 1.47. The second kappa shape index (κ2) is 6.68. The SMILES string of the molecule is COc1cccc(CN2CC(c3noc(-c4cccs4)n3)CC2=O)c1. The second-order valence-electron chi connectivity index (χ2n) is 5.96. The summed E-state index contributed by atoms with van der Waals surface area (Å²) in [6, 6.07) is 11.6. The average molecular weight is 355 g/mol. The fourth-order valence-electron chi connectivity index (χ4n) is 2.99. The Morgan fingerprint density at radius 1 is 1.36 bits per heavy atom. The molecule has 0 radical (unpaired) electrons. The van der Waals surface area contributed by atoms with Crippen molar-refractivity contribution in [2.75, 3.05) is 13.7 Å². The third kappa shape index (κ3) is 3.28. The summed E-state index contributed by atoms with van der Waals surface area (Å²) in [4.78, 5) is 19.6. The van der Waals surface area contributed by atoms with E-state index in [4.69, 9.17) is 9.26 Å². The zero-order valence-electron chi connectivity index (χ0n) is 13.7. The van der Waals surface area contributed by atoms with Gasteiger partial charge in [0.05, 0.1) is 12.0 Å². The Hall–Kier alpha value is -2.67. The van der Waals surface area contributed by atoms with E-state index in [1.54, 1.807) is 18.4 Å². The molecule has 1 aromatic carbocycles. The molecule has 25 heavy (non-hydrogen) atoms. The molecule has 1 aliphatic rings. The van der Waals surface area contributed by atoms with Gasteiger partial charge in [0, 0.05) is 25.4 Å². The van der Waals surface area contributed by atoms with E-state index < -0.39 is 0 Å². The Labute approximate surface area is 149 Å². The molecule has 0 aliphatic carbocycles. The summed E-state index contributed by atoms with van der Waals surface area (Å²) in [6.45, 7) is 1.15. The van der Waals surface area contributed by atoms with Gasteiger partial charge in [-0.05, 0) is 29.1 Å². The van der Waals surface area contributed by atoms with E-state index in [0.717, 1.165) is 16.2 Å². The maximum absolute atomic E-state index is 12.4. The Bertz CT molecular complexity index is 875. The van der Waals surface area contributed by atoms with Gasteiger partial charge in [-0.3, -0.25) is 4.79 Å². The number of likely N-dealkylation sites (tertiary alicyclic amines) is 1. The van der Waals surface area contributed by atoms with Crippen molar-refractivity contribution in [2.24, 2.45) is 0 Å². The van der Waals surface area contributed by atoms with E-state index >= 15 is 0 Å². The van der Waals surface area contributed by atoms with Crippen LogP contribution in [-0.4, -0.2) is 34.6 Å². The lowest BCUT2D eigenvalue weighted by Crippen LogP contribution is -2.24. The van der Waals surface area contributed by atoms with Crippen LogP contribution in [0.1, 0.15) is 23.7 Å². The molecule has 1 unspecified atom stereocenters. The van der Waals surface area contributed by atoms with Gasteiger partial charge in [0.25, 0.3) is 5.89 Å². The molecule has 3 heterocycles. The van der Waals surface area contributed by atoms with Crippen LogP contribution >= 0.6 is 11.3 Å². The average Bonchev–Trinajstić information content (AvgIpc) is 3.35. The van der Waals surface area contributed by atoms with Crippen LogP contribution in [0.25, 0.3) is 10.8 Å². The van der Waals surface area contributed by atoms with Crippen LogP contribution in [-0.2, 0) is 11.3 Å². The fraction of sp³-hybridized carbons (Fsp3) is 0.278. The molecular weight excluding hydrogens is 338 g/mol. The van der Waals surface area contributed by atoms with Crippen molar-refractivity contribution in [1.29, 1.82) is 0 Å². The topological polar surface area (TPSA) is 68.5 Å². The smallest absolute Gasteiger partial charge is 0.267 e. The van der Waals surface area contributed by atoms with Crippen LogP contribution in [0.5, 0.6) is 5.75 Å². The number of aromatic nitrogens is 2. The maximum atomic E-state index is 12.4. The van der Waals surface area contributed by atoms with Crippen molar-refractivity contribution >= 4 is 17.2 Å². The van der Waals surface area contributed by atoms with E-state index in [1.165, 1.54) is 0 Å². The summed E-state index contributed by atoms with van der Waals surface area (Å²) in [5, 5.41) is 6.05. The van der Waals surface area contributed by atoms with E-state index in [0.29, 0.717) is 31.2 Å². The van der Waals surface area contributed by atoms with E-state index in [2.05, 4.69) is 10.1 Å². The monoisotopic (exact) mass is 355 g/mol. The normalized spacial score (nSPS) is 17.2. The zero-order chi connectivity index (χ0) is 17.2. The van der Waals surface area contributed by atoms with Gasteiger partial charge in [0.15, 0.2) is 5.82 Å². The first-order valence-electron chi connectivity index (χ1n) is 8.01. The standard InChI is InChI=1S/C18H17N3O3S/c1-23-14-5-2-4-12(8-14)10-21-11-13(9-16(21)22)17-19-18(24-20-17)15-6-3-7-25-15/h2-8,13H,9-11H2,1H3. The number of carbonyl (C=O) groups is 1. The highest BCUT2D eigenvalue weighted by Gasteiger charge is 2.33. The minimum absolute atomic E-state index is 0.0319. The largest absolute Gasteiger partial charge is 0.497 e. The highest BCUT2D eigenvalue weighted by molar-refractivity contribution is 7.13. The summed E-state index contributed by atoms with van der Waals surface area (Å²) >= 11 is 1.55. The number of benzene rings is 1. The van der Waals surface area contributed by atoms with Crippen LogP contribution in [0.2, 0.25) is 0 Å². The Morgan fingerprint density at radius 2 is 2.28 bits per heavy atom. The summed E-state index contributed by atoms with van der Waals surface area (Å²) in [7, 11) is 1.64. The van der Waals surface area contributed by atoms with Gasteiger partial charge in [0.1, 0.15) is 5.75 Å². The van der Waals surface area contributed by atoms with E-state index in [-0.39, 0.29) is 11.8 Å². The predicted molar refractivity (Wildman–Crippen MR) is 93.4 cm³/mol. The molecule has 0 spiro atoms. The first-order chi connectivity index (χ1) is 12.2. The molecule has 6 nitrogen and oxygen atoms in total. The molecule has 0 saturated carbocycles. The molecule has 1 amide bonds. The number of hydrogen-bond donors (Lipinski definition) is 0. The fourth-order valence-corrected chi connectivity index (χ4v) is 3.63. The summed E-state index contributed by atoms with van der Waals surface area (Å²) in [6.07, 6.45) is 0.410. The molecule has 1 aliphatic heterocycles. The van der Waals surface area contributed by atoms with Gasteiger partial charge in [-0.15, -0.1) is 11.3 Å². The molecular formula is C18H17N3O3S. The van der Waals surface area contributed by atoms with Gasteiger partial charge >= 0.3 is 0 Å². The summed E-state index contributed by atoms with van der Waals surface area (Å²) in [5.74, 6) is 1.99. The third-order valence-corrected chi connectivity index (χ3v) is 5.12. The molecule has 1 atom stereocenters. The van der Waals surface area contributed by atoms with Gasteiger partial charge in [-0.25, -0.2) is 0 Å². The lowest BCUT2D eigenvalue weighted by molar-refractivity contribution is -0.128. The molecule has 4 rings (SSSR count). The molecule has 0 bridgehead atoms. The highest BCUT2D eigenvalue weighted by Crippen LogP contribution is 2.30. The first kappa shape index (κ1) is 15.8. The van der Waals surface area contributed by atoms with Crippen molar-refractivity contribution in [2.45, 2.75) is 18.9 Å². The third-order valence-electron chi connectivity index (χ3n) is 4.26. The van der Waals surface area contributed by atoms with Crippen LogP contribution < -0.4 is 4.74 Å². The number of ether oxygens (including phenoxy) is 1. The maximum Gasteiger partial charge on any atom is 0.267 e. The molecule has 3 aromatic rings. The van der Waals surface area contributed by atoms with Crippen molar-refractivity contribution in [3.63, 3.8) is 0 Å². The summed E-state index contributed by atoms with van der Waals surface area (Å²) < 4.78 is 10.6. The number of amides is 1. The minimum atomic E-state index is -0.0319. The predicted octanol–water partition coefficient (Wildman–Crippen LogP) is 3.32. The number of nitrogens with zero attached hydrogens (tertiary/aromatic N) is 3. The van der Waals surface area contributed by atoms with Crippen LogP contribution in [0.3, 0.4) is 0 Å². The van der Waals surface area contributed by atoms with Crippen molar-refractivity contribution in [1.82, 2.24) is 15.0 Å². The quantitative estimate of drug-likeness (QED) is 0.702. The number of thiophene rings is 1. The van der Waals surface area contributed by atoms with Gasteiger partial charge in [-0.2, -0.15) is 4.98 Å². The lowest BCUT2D eigenvalue weighted by atomic mass is 10.1. The van der Waals surface area contributed by atoms with E-state index in [9.17, 15) is 4.79 Å². The number of methoxy groups -OCH3 is 1. The van der Waals surface area contributed by atoms with Gasteiger partial charge in [0.2, 0.25) is 5.91 Å². The summed E-state index contributed by atoms with van der Waals surface area (Å²) in [5.41, 5.74) is 1.04. The van der Waals surface area contributed by atoms with Gasteiger partial charge in [-0.1, -0.05) is 23.4 Å². The molecule has 1 saturated heterocycles. The van der Waals surface area contributed by atoms with Crippen molar-refractivity contribution in [3.05, 3.63) is 53.2 Å². The van der Waals surface area contributed by atoms with E-state index in [1.807, 2.05) is 46.7 Å². The van der Waals surface area contributed by atoms with Crippen LogP contribution in [0.15, 0.2) is 46.3 Å². The Kier molecular flexibility index (Phi) is 4.23. The van der Waals surface area contributed by atoms with Crippen LogP contribution in [0, 0.1) is 0 Å². The Morgan fingerprint density at radius 3 is 3.08 bits per heavy atom. The number of rotatable bonds is 5. The number of carbonyl (C=O) groups excluding carboxylic acids is 1. The van der Waals surface area contributed by atoms with Crippen molar-refractivity contribution in [3.8, 4) is 16.5 Å². The molecule has 128 valence electrons. The van der Waals surface area contributed by atoms with Gasteiger partial charge < -0.3 is 14.2 Å². The molecule has 2 aromatic heterocycles. The highest BCUT2D eigenvalue weighted by atomic mass is 32.1. The lowest BCUT2D eigenvalue weighted by Gasteiger charge is -2.16. The molecule has 7 heteroatoms. The first-order valence-corrected chi connectivity index (χ1v) is 8.89. The molecule has 1 fully saturated rings. The van der Waals surface area contributed by atoms with Crippen molar-refractivity contribution < 1.29 is 14.1 Å². The zero-order valence-corrected chi connectivity index (χ0v) is 14.5. The van der Waals surface area contributed by atoms with Crippen LogP contribution in [0.4, 0.5) is 0 Å².